The van der Waals surface area contributed by atoms with E-state index in [0.717, 1.165) is 37.2 Å². The highest BCUT2D eigenvalue weighted by atomic mass is 15.3. The zero-order valence-corrected chi connectivity index (χ0v) is 21.1. The fourth-order valence-electron chi connectivity index (χ4n) is 5.43. The van der Waals surface area contributed by atoms with Gasteiger partial charge in [-0.25, -0.2) is 4.98 Å². The number of hydrogen-bond donors (Lipinski definition) is 0. The molecular weight excluding hydrogens is 452 g/mol. The highest BCUT2D eigenvalue weighted by molar-refractivity contribution is 5.77. The van der Waals surface area contributed by atoms with Crippen molar-refractivity contribution in [2.24, 2.45) is 0 Å². The normalized spacial score (nSPS) is 13.4. The molecule has 2 aliphatic rings. The van der Waals surface area contributed by atoms with E-state index >= 15 is 0 Å². The molecular formula is C33H30N4. The van der Waals surface area contributed by atoms with Crippen molar-refractivity contribution in [1.82, 2.24) is 19.7 Å². The predicted octanol–water partition coefficient (Wildman–Crippen LogP) is 5.59. The number of aromatic nitrogens is 4. The van der Waals surface area contributed by atoms with E-state index in [0.29, 0.717) is 0 Å². The van der Waals surface area contributed by atoms with Crippen molar-refractivity contribution in [2.45, 2.75) is 39.2 Å². The average Bonchev–Trinajstić information content (AvgIpc) is 3.47. The maximum Gasteiger partial charge on any atom is 0.181 e. The Labute approximate surface area is 217 Å². The van der Waals surface area contributed by atoms with Gasteiger partial charge in [-0.3, -0.25) is 9.67 Å². The second-order valence-electron chi connectivity index (χ2n) is 9.48. The zero-order valence-electron chi connectivity index (χ0n) is 21.1. The number of rotatable bonds is 3. The topological polar surface area (TPSA) is 43.6 Å². The van der Waals surface area contributed by atoms with E-state index < -0.39 is 0 Å². The van der Waals surface area contributed by atoms with Crippen molar-refractivity contribution >= 4 is 11.6 Å². The predicted molar refractivity (Wildman–Crippen MR) is 150 cm³/mol. The molecule has 0 N–H and O–H groups in total. The summed E-state index contributed by atoms with van der Waals surface area (Å²) in [6, 6.07) is 28.1. The number of nitrogens with zero attached hydrogens (tertiary/aromatic N) is 4. The Balaban J connectivity index is 0.000000372. The maximum atomic E-state index is 4.55. The number of aryl methyl sites for hydroxylation is 2. The minimum atomic E-state index is 0.796. The van der Waals surface area contributed by atoms with Gasteiger partial charge in [-0.15, -0.1) is 0 Å². The SMILES string of the molecule is CCn1cnc(-c2ccc(C3=c4c(ccc5c4=CCc4ccccc4-5)CCC3)cc2)n1.c1ccncc1. The molecule has 182 valence electrons. The first-order chi connectivity index (χ1) is 18.3. The zero-order chi connectivity index (χ0) is 25.0. The summed E-state index contributed by atoms with van der Waals surface area (Å²) in [5, 5.41) is 7.45. The second-order valence-corrected chi connectivity index (χ2v) is 9.48. The van der Waals surface area contributed by atoms with Crippen molar-refractivity contribution in [1.29, 1.82) is 0 Å². The third kappa shape index (κ3) is 4.63. The summed E-state index contributed by atoms with van der Waals surface area (Å²) in [5.74, 6) is 0.796. The smallest absolute Gasteiger partial charge is 0.181 e. The molecule has 0 unspecified atom stereocenters. The first-order valence-corrected chi connectivity index (χ1v) is 13.1. The van der Waals surface area contributed by atoms with Crippen LogP contribution in [0.3, 0.4) is 0 Å². The van der Waals surface area contributed by atoms with Crippen LogP contribution in [0.15, 0.2) is 97.6 Å². The van der Waals surface area contributed by atoms with Crippen LogP contribution in [0, 0.1) is 0 Å². The third-order valence-corrected chi connectivity index (χ3v) is 7.26. The quantitative estimate of drug-likeness (QED) is 0.337. The van der Waals surface area contributed by atoms with E-state index in [1.807, 2.05) is 22.9 Å². The lowest BCUT2D eigenvalue weighted by molar-refractivity contribution is 0.659. The summed E-state index contributed by atoms with van der Waals surface area (Å²) >= 11 is 0. The van der Waals surface area contributed by atoms with Crippen LogP contribution in [0.2, 0.25) is 0 Å². The van der Waals surface area contributed by atoms with Gasteiger partial charge in [0.1, 0.15) is 6.33 Å². The lowest BCUT2D eigenvalue weighted by Gasteiger charge is -2.21. The molecule has 0 spiro atoms. The summed E-state index contributed by atoms with van der Waals surface area (Å²) in [4.78, 5) is 8.24. The van der Waals surface area contributed by atoms with Crippen molar-refractivity contribution in [3.05, 3.63) is 125 Å². The van der Waals surface area contributed by atoms with Crippen molar-refractivity contribution in [3.8, 4) is 22.5 Å². The van der Waals surface area contributed by atoms with Gasteiger partial charge in [0, 0.05) is 24.5 Å². The van der Waals surface area contributed by atoms with Gasteiger partial charge >= 0.3 is 0 Å². The van der Waals surface area contributed by atoms with E-state index in [2.05, 4.69) is 88.7 Å². The van der Waals surface area contributed by atoms with Crippen LogP contribution in [0.4, 0.5) is 0 Å². The van der Waals surface area contributed by atoms with Crippen LogP contribution >= 0.6 is 0 Å². The minimum absolute atomic E-state index is 0.796. The van der Waals surface area contributed by atoms with Crippen LogP contribution < -0.4 is 10.4 Å². The van der Waals surface area contributed by atoms with Gasteiger partial charge < -0.3 is 0 Å². The molecule has 37 heavy (non-hydrogen) atoms. The molecule has 7 rings (SSSR count). The molecule has 0 aliphatic heterocycles. The molecule has 0 saturated heterocycles. The fraction of sp³-hybridized carbons (Fsp3) is 0.182. The molecule has 0 saturated carbocycles. The van der Waals surface area contributed by atoms with Crippen LogP contribution in [0.25, 0.3) is 34.2 Å². The number of hydrogen-bond acceptors (Lipinski definition) is 3. The van der Waals surface area contributed by atoms with Gasteiger partial charge in [-0.1, -0.05) is 72.8 Å². The number of pyridine rings is 1. The standard InChI is InChI=1S/C28H25N3.C5H5N/c1-2-31-18-29-28(30-31)22-12-10-20(11-13-22)24-9-5-7-21-15-16-25-23-8-4-3-6-19(23)14-17-26(25)27(21)24;1-2-4-6-5-3-1/h3-4,6,8,10-13,15-18H,2,5,7,9,14H2,1H3;1-5H. The third-order valence-electron chi connectivity index (χ3n) is 7.26. The summed E-state index contributed by atoms with van der Waals surface area (Å²) in [7, 11) is 0. The second kappa shape index (κ2) is 10.4. The number of benzene rings is 3. The molecule has 3 aromatic carbocycles. The van der Waals surface area contributed by atoms with Crippen molar-refractivity contribution in [3.63, 3.8) is 0 Å². The van der Waals surface area contributed by atoms with Gasteiger partial charge in [0.2, 0.25) is 0 Å². The van der Waals surface area contributed by atoms with Gasteiger partial charge in [0.25, 0.3) is 0 Å². The Bertz CT molecular complexity index is 1620. The minimum Gasteiger partial charge on any atom is -0.265 e. The van der Waals surface area contributed by atoms with Gasteiger partial charge in [0.15, 0.2) is 5.82 Å². The Morgan fingerprint density at radius 1 is 0.757 bits per heavy atom. The lowest BCUT2D eigenvalue weighted by Crippen LogP contribution is -2.36. The maximum absolute atomic E-state index is 4.55. The molecule has 0 bridgehead atoms. The van der Waals surface area contributed by atoms with Gasteiger partial charge in [0.05, 0.1) is 0 Å². The average molecular weight is 483 g/mol. The van der Waals surface area contributed by atoms with E-state index in [1.165, 1.54) is 50.2 Å². The van der Waals surface area contributed by atoms with E-state index in [-0.39, 0.29) is 0 Å². The van der Waals surface area contributed by atoms with Crippen molar-refractivity contribution in [2.75, 3.05) is 0 Å². The first-order valence-electron chi connectivity index (χ1n) is 13.1. The largest absolute Gasteiger partial charge is 0.265 e. The van der Waals surface area contributed by atoms with Gasteiger partial charge in [-0.05, 0) is 88.6 Å². The molecule has 2 aromatic heterocycles. The van der Waals surface area contributed by atoms with E-state index in [9.17, 15) is 0 Å². The Morgan fingerprint density at radius 2 is 1.57 bits per heavy atom. The number of fused-ring (bicyclic) bond motifs is 5. The molecule has 0 radical (unpaired) electrons. The highest BCUT2D eigenvalue weighted by Crippen LogP contribution is 2.28. The fourth-order valence-corrected chi connectivity index (χ4v) is 5.43. The molecule has 2 heterocycles. The van der Waals surface area contributed by atoms with Crippen LogP contribution in [-0.2, 0) is 19.4 Å². The summed E-state index contributed by atoms with van der Waals surface area (Å²) in [6.07, 6.45) is 12.3. The summed E-state index contributed by atoms with van der Waals surface area (Å²) in [6.45, 7) is 2.92. The van der Waals surface area contributed by atoms with Crippen LogP contribution in [0.5, 0.6) is 0 Å². The molecule has 0 atom stereocenters. The van der Waals surface area contributed by atoms with Crippen LogP contribution in [-0.4, -0.2) is 19.7 Å². The lowest BCUT2D eigenvalue weighted by atomic mass is 9.83. The Hall–Kier alpha value is -4.31. The van der Waals surface area contributed by atoms with Crippen molar-refractivity contribution < 1.29 is 0 Å². The highest BCUT2D eigenvalue weighted by Gasteiger charge is 2.18. The molecule has 5 aromatic rings. The molecule has 2 aliphatic carbocycles. The van der Waals surface area contributed by atoms with Crippen LogP contribution in [0.1, 0.15) is 36.5 Å². The molecule has 4 heteroatoms. The molecule has 0 fully saturated rings. The summed E-state index contributed by atoms with van der Waals surface area (Å²) < 4.78 is 1.87. The monoisotopic (exact) mass is 482 g/mol. The summed E-state index contributed by atoms with van der Waals surface area (Å²) in [5.41, 5.74) is 9.56. The first kappa shape index (κ1) is 23.1. The molecule has 4 nitrogen and oxygen atoms in total. The molecule has 0 amide bonds. The van der Waals surface area contributed by atoms with Gasteiger partial charge in [-0.2, -0.15) is 5.10 Å². The van der Waals surface area contributed by atoms with E-state index in [1.54, 1.807) is 18.7 Å². The van der Waals surface area contributed by atoms with E-state index in [4.69, 9.17) is 0 Å². The Kier molecular flexibility index (Phi) is 6.47. The Morgan fingerprint density at radius 3 is 2.30 bits per heavy atom.